The van der Waals surface area contributed by atoms with Gasteiger partial charge in [-0.25, -0.2) is 4.79 Å². The van der Waals surface area contributed by atoms with E-state index in [1.54, 1.807) is 12.1 Å². The normalized spacial score (nSPS) is 18.1. The van der Waals surface area contributed by atoms with E-state index in [0.29, 0.717) is 11.6 Å². The van der Waals surface area contributed by atoms with Gasteiger partial charge in [-0.1, -0.05) is 11.6 Å². The third-order valence-corrected chi connectivity index (χ3v) is 7.42. The summed E-state index contributed by atoms with van der Waals surface area (Å²) >= 11 is 7.88. The number of carbonyl (C=O) groups is 1. The average Bonchev–Trinajstić information content (AvgIpc) is 3.29. The highest BCUT2D eigenvalue weighted by Crippen LogP contribution is 2.42. The summed E-state index contributed by atoms with van der Waals surface area (Å²) in [6.07, 6.45) is 6.92. The van der Waals surface area contributed by atoms with Crippen LogP contribution in [0.5, 0.6) is 0 Å². The number of anilines is 1. The monoisotopic (exact) mass is 411 g/mol. The molecule has 1 aliphatic carbocycles. The minimum Gasteiger partial charge on any atom is -0.312 e. The molecule has 0 saturated carbocycles. The van der Waals surface area contributed by atoms with E-state index in [2.05, 4.69) is 35.1 Å². The molecule has 0 radical (unpaired) electrons. The summed E-state index contributed by atoms with van der Waals surface area (Å²) in [6, 6.07) is 11.4. The lowest BCUT2D eigenvalue weighted by Gasteiger charge is -2.28. The first kappa shape index (κ1) is 17.8. The van der Waals surface area contributed by atoms with Crippen LogP contribution in [0.2, 0.25) is 5.02 Å². The van der Waals surface area contributed by atoms with Crippen LogP contribution in [0.15, 0.2) is 42.6 Å². The van der Waals surface area contributed by atoms with E-state index in [0.717, 1.165) is 24.2 Å². The average molecular weight is 412 g/mol. The maximum atomic E-state index is 13.2. The third-order valence-electron chi connectivity index (χ3n) is 5.84. The van der Waals surface area contributed by atoms with Crippen molar-refractivity contribution in [2.24, 2.45) is 0 Å². The number of hydrogen-bond donors (Lipinski definition) is 1. The van der Waals surface area contributed by atoms with E-state index < -0.39 is 0 Å². The van der Waals surface area contributed by atoms with Gasteiger partial charge in [-0.05, 0) is 74.6 Å². The number of amides is 2. The summed E-state index contributed by atoms with van der Waals surface area (Å²) < 4.78 is 2.29. The van der Waals surface area contributed by atoms with Gasteiger partial charge in [0.15, 0.2) is 0 Å². The molecule has 2 aromatic heterocycles. The van der Waals surface area contributed by atoms with E-state index in [9.17, 15) is 4.79 Å². The zero-order chi connectivity index (χ0) is 19.3. The van der Waals surface area contributed by atoms with Crippen molar-refractivity contribution in [3.05, 3.63) is 69.3 Å². The number of aromatic nitrogens is 1. The molecule has 6 heteroatoms. The Hall–Kier alpha value is -2.24. The van der Waals surface area contributed by atoms with Gasteiger partial charge in [-0.3, -0.25) is 0 Å². The third kappa shape index (κ3) is 2.93. The molecule has 2 aliphatic rings. The Morgan fingerprint density at radius 2 is 1.93 bits per heavy atom. The number of carbonyl (C=O) groups excluding carboxylic acids is 1. The van der Waals surface area contributed by atoms with Crippen LogP contribution in [0, 0.1) is 0 Å². The lowest BCUT2D eigenvalue weighted by molar-refractivity contribution is 0.189. The molecule has 2 amide bonds. The van der Waals surface area contributed by atoms with Crippen molar-refractivity contribution < 1.29 is 4.79 Å². The van der Waals surface area contributed by atoms with Gasteiger partial charge in [-0.2, -0.15) is 0 Å². The zero-order valence-electron chi connectivity index (χ0n) is 15.7. The first-order valence-corrected chi connectivity index (χ1v) is 11.0. The lowest BCUT2D eigenvalue weighted by Crippen LogP contribution is -2.36. The number of nitrogens with one attached hydrogen (secondary N) is 1. The van der Waals surface area contributed by atoms with Gasteiger partial charge >= 0.3 is 6.03 Å². The largest absolute Gasteiger partial charge is 0.322 e. The molecule has 1 N–H and O–H groups in total. The van der Waals surface area contributed by atoms with Crippen molar-refractivity contribution in [3.8, 4) is 5.00 Å². The van der Waals surface area contributed by atoms with Crippen LogP contribution in [0.4, 0.5) is 10.5 Å². The molecule has 1 atom stereocenters. The molecule has 0 saturated heterocycles. The standard InChI is InChI=1S/C22H22ClN3OS/c1-14-19-6-4-12-25(19)21-18(17-5-2-3-7-20(17)28-21)13-26(14)22(27)24-16-10-8-15(23)9-11-16/h4,6,8-12,14H,2-3,5,7,13H2,1H3,(H,24,27). The number of urea groups is 1. The van der Waals surface area contributed by atoms with Crippen LogP contribution in [0.3, 0.4) is 0 Å². The van der Waals surface area contributed by atoms with Crippen molar-refractivity contribution in [1.29, 1.82) is 0 Å². The van der Waals surface area contributed by atoms with E-state index in [4.69, 9.17) is 11.6 Å². The Morgan fingerprint density at radius 3 is 2.75 bits per heavy atom. The number of fused-ring (bicyclic) bond motifs is 5. The Labute approximate surface area is 173 Å². The summed E-state index contributed by atoms with van der Waals surface area (Å²) in [6.45, 7) is 2.75. The van der Waals surface area contributed by atoms with Gasteiger partial charge in [0, 0.05) is 33.0 Å². The van der Waals surface area contributed by atoms with Gasteiger partial charge in [0.1, 0.15) is 5.00 Å². The number of aryl methyl sites for hydroxylation is 1. The van der Waals surface area contributed by atoms with Crippen LogP contribution in [0.1, 0.15) is 47.5 Å². The summed E-state index contributed by atoms with van der Waals surface area (Å²) in [5.41, 5.74) is 4.72. The van der Waals surface area contributed by atoms with Crippen LogP contribution >= 0.6 is 22.9 Å². The molecule has 1 unspecified atom stereocenters. The molecule has 3 aromatic rings. The molecule has 1 aromatic carbocycles. The van der Waals surface area contributed by atoms with Crippen LogP contribution in [-0.2, 0) is 19.4 Å². The summed E-state index contributed by atoms with van der Waals surface area (Å²) in [4.78, 5) is 16.7. The molecular formula is C22H22ClN3OS. The highest BCUT2D eigenvalue weighted by molar-refractivity contribution is 7.15. The Kier molecular flexibility index (Phi) is 4.44. The van der Waals surface area contributed by atoms with Crippen molar-refractivity contribution in [2.45, 2.75) is 45.2 Å². The molecule has 144 valence electrons. The van der Waals surface area contributed by atoms with Crippen molar-refractivity contribution in [2.75, 3.05) is 5.32 Å². The van der Waals surface area contributed by atoms with Crippen LogP contribution in [0.25, 0.3) is 5.00 Å². The fourth-order valence-corrected chi connectivity index (χ4v) is 5.87. The first-order chi connectivity index (χ1) is 13.6. The van der Waals surface area contributed by atoms with Gasteiger partial charge in [0.05, 0.1) is 12.6 Å². The highest BCUT2D eigenvalue weighted by Gasteiger charge is 2.32. The second kappa shape index (κ2) is 6.98. The zero-order valence-corrected chi connectivity index (χ0v) is 17.3. The van der Waals surface area contributed by atoms with Gasteiger partial charge in [0.25, 0.3) is 0 Å². The summed E-state index contributed by atoms with van der Waals surface area (Å²) in [5.74, 6) is 0. The topological polar surface area (TPSA) is 37.3 Å². The fourth-order valence-electron chi connectivity index (χ4n) is 4.34. The van der Waals surface area contributed by atoms with E-state index >= 15 is 0 Å². The van der Waals surface area contributed by atoms with E-state index in [1.807, 2.05) is 28.4 Å². The molecular weight excluding hydrogens is 390 g/mol. The molecule has 0 spiro atoms. The number of benzene rings is 1. The molecule has 5 rings (SSSR count). The number of rotatable bonds is 1. The number of nitrogens with zero attached hydrogens (tertiary/aromatic N) is 2. The van der Waals surface area contributed by atoms with Crippen LogP contribution < -0.4 is 5.32 Å². The quantitative estimate of drug-likeness (QED) is 0.510. The number of halogens is 1. The maximum absolute atomic E-state index is 13.2. The van der Waals surface area contributed by atoms with E-state index in [-0.39, 0.29) is 12.1 Å². The number of hydrogen-bond acceptors (Lipinski definition) is 2. The van der Waals surface area contributed by atoms with Crippen LogP contribution in [-0.4, -0.2) is 15.5 Å². The van der Waals surface area contributed by atoms with Crippen molar-refractivity contribution in [3.63, 3.8) is 0 Å². The molecule has 0 fully saturated rings. The molecule has 0 bridgehead atoms. The molecule has 28 heavy (non-hydrogen) atoms. The van der Waals surface area contributed by atoms with Gasteiger partial charge in [0.2, 0.25) is 0 Å². The molecule has 3 heterocycles. The minimum atomic E-state index is -0.0776. The van der Waals surface area contributed by atoms with Gasteiger partial charge < -0.3 is 14.8 Å². The van der Waals surface area contributed by atoms with Gasteiger partial charge in [-0.15, -0.1) is 11.3 Å². The highest BCUT2D eigenvalue weighted by atomic mass is 35.5. The Morgan fingerprint density at radius 1 is 1.14 bits per heavy atom. The predicted octanol–water partition coefficient (Wildman–Crippen LogP) is 6.18. The summed E-state index contributed by atoms with van der Waals surface area (Å²) in [5, 5.41) is 5.00. The first-order valence-electron chi connectivity index (χ1n) is 9.76. The second-order valence-corrected chi connectivity index (χ2v) is 9.06. The van der Waals surface area contributed by atoms with Crippen molar-refractivity contribution in [1.82, 2.24) is 9.47 Å². The second-order valence-electron chi connectivity index (χ2n) is 7.54. The SMILES string of the molecule is CC1c2cccn2-c2sc3c(c2CN1C(=O)Nc1ccc(Cl)cc1)CCCC3. The molecule has 1 aliphatic heterocycles. The van der Waals surface area contributed by atoms with Crippen molar-refractivity contribution >= 4 is 34.7 Å². The van der Waals surface area contributed by atoms with E-state index in [1.165, 1.54) is 33.8 Å². The minimum absolute atomic E-state index is 0.0128. The summed E-state index contributed by atoms with van der Waals surface area (Å²) in [7, 11) is 0. The fraction of sp³-hybridized carbons (Fsp3) is 0.318. The maximum Gasteiger partial charge on any atom is 0.322 e. The Balaban J connectivity index is 1.54. The smallest absolute Gasteiger partial charge is 0.312 e. The molecule has 4 nitrogen and oxygen atoms in total. The Bertz CT molecular complexity index is 1040. The number of thiophene rings is 1. The lowest BCUT2D eigenvalue weighted by atomic mass is 9.95. The predicted molar refractivity (Wildman–Crippen MR) is 115 cm³/mol.